The molecule has 21 heavy (non-hydrogen) atoms. The summed E-state index contributed by atoms with van der Waals surface area (Å²) < 4.78 is 40.0. The topological polar surface area (TPSA) is 21.1 Å². The minimum Gasteiger partial charge on any atom is -0.334 e. The van der Waals surface area contributed by atoms with Gasteiger partial charge in [-0.3, -0.25) is 0 Å². The summed E-state index contributed by atoms with van der Waals surface area (Å²) in [6.45, 7) is 3.92. The van der Waals surface area contributed by atoms with Crippen LogP contribution in [0.5, 0.6) is 0 Å². The maximum atomic E-state index is 12.7. The number of likely N-dealkylation sites (N-methyl/N-ethyl adjacent to an activating group) is 1. The zero-order valence-electron chi connectivity index (χ0n) is 12.1. The first-order valence-corrected chi connectivity index (χ1v) is 6.68. The number of halogens is 3. The van der Waals surface area contributed by atoms with E-state index in [9.17, 15) is 13.2 Å². The standard InChI is InChI=1S/C15H18F3N3/c1-12-19-6-7-21(12)9-8-20(2)11-13-4-3-5-14(10-13)15(16,17)18/h3-7,10H,8-9,11H2,1-2H3. The molecule has 0 aliphatic rings. The van der Waals surface area contributed by atoms with Gasteiger partial charge in [-0.25, -0.2) is 4.98 Å². The van der Waals surface area contributed by atoms with Gasteiger partial charge in [0.1, 0.15) is 5.82 Å². The largest absolute Gasteiger partial charge is 0.416 e. The van der Waals surface area contributed by atoms with E-state index in [4.69, 9.17) is 0 Å². The highest BCUT2D eigenvalue weighted by Gasteiger charge is 2.30. The van der Waals surface area contributed by atoms with Gasteiger partial charge in [0.25, 0.3) is 0 Å². The summed E-state index contributed by atoms with van der Waals surface area (Å²) in [5.41, 5.74) is 0.0635. The van der Waals surface area contributed by atoms with Crippen molar-refractivity contribution in [3.05, 3.63) is 53.6 Å². The molecular formula is C15H18F3N3. The van der Waals surface area contributed by atoms with Gasteiger partial charge in [0.15, 0.2) is 0 Å². The number of aryl methyl sites for hydroxylation is 1. The summed E-state index contributed by atoms with van der Waals surface area (Å²) in [5, 5.41) is 0. The van der Waals surface area contributed by atoms with Crippen LogP contribution >= 0.6 is 0 Å². The summed E-state index contributed by atoms with van der Waals surface area (Å²) in [4.78, 5) is 6.13. The molecule has 114 valence electrons. The van der Waals surface area contributed by atoms with E-state index in [0.717, 1.165) is 25.0 Å². The SMILES string of the molecule is Cc1nccn1CCN(C)Cc1cccc(C(F)(F)F)c1. The summed E-state index contributed by atoms with van der Waals surface area (Å²) in [5.74, 6) is 0.933. The van der Waals surface area contributed by atoms with Crippen LogP contribution in [-0.2, 0) is 19.3 Å². The van der Waals surface area contributed by atoms with Gasteiger partial charge < -0.3 is 9.47 Å². The van der Waals surface area contributed by atoms with E-state index in [1.807, 2.05) is 29.6 Å². The lowest BCUT2D eigenvalue weighted by atomic mass is 10.1. The fourth-order valence-corrected chi connectivity index (χ4v) is 2.16. The van der Waals surface area contributed by atoms with Crippen molar-refractivity contribution in [1.82, 2.24) is 14.5 Å². The van der Waals surface area contributed by atoms with E-state index in [-0.39, 0.29) is 0 Å². The highest BCUT2D eigenvalue weighted by Crippen LogP contribution is 2.29. The highest BCUT2D eigenvalue weighted by molar-refractivity contribution is 5.25. The molecule has 6 heteroatoms. The molecule has 1 heterocycles. The van der Waals surface area contributed by atoms with Crippen LogP contribution in [0.15, 0.2) is 36.7 Å². The van der Waals surface area contributed by atoms with Crippen molar-refractivity contribution in [2.75, 3.05) is 13.6 Å². The molecule has 0 saturated heterocycles. The Balaban J connectivity index is 1.93. The Hall–Kier alpha value is -1.82. The Morgan fingerprint density at radius 3 is 2.67 bits per heavy atom. The average Bonchev–Trinajstić information content (AvgIpc) is 2.81. The van der Waals surface area contributed by atoms with E-state index in [2.05, 4.69) is 4.98 Å². The number of aromatic nitrogens is 2. The minimum absolute atomic E-state index is 0.484. The second-order valence-electron chi connectivity index (χ2n) is 5.10. The van der Waals surface area contributed by atoms with Crippen LogP contribution in [0.4, 0.5) is 13.2 Å². The lowest BCUT2D eigenvalue weighted by Crippen LogP contribution is -2.23. The lowest BCUT2D eigenvalue weighted by molar-refractivity contribution is -0.137. The van der Waals surface area contributed by atoms with E-state index in [1.165, 1.54) is 12.1 Å². The maximum Gasteiger partial charge on any atom is 0.416 e. The van der Waals surface area contributed by atoms with Crippen LogP contribution in [0.25, 0.3) is 0 Å². The number of rotatable bonds is 5. The van der Waals surface area contributed by atoms with Crippen molar-refractivity contribution in [3.63, 3.8) is 0 Å². The molecule has 2 rings (SSSR count). The lowest BCUT2D eigenvalue weighted by Gasteiger charge is -2.18. The Morgan fingerprint density at radius 2 is 2.05 bits per heavy atom. The first-order valence-electron chi connectivity index (χ1n) is 6.68. The van der Waals surface area contributed by atoms with Gasteiger partial charge in [0.05, 0.1) is 5.56 Å². The minimum atomic E-state index is -4.29. The first-order chi connectivity index (χ1) is 9.86. The molecule has 2 aromatic rings. The van der Waals surface area contributed by atoms with Crippen LogP contribution in [0.3, 0.4) is 0 Å². The van der Waals surface area contributed by atoms with Crippen LogP contribution in [0.1, 0.15) is 17.0 Å². The second kappa shape index (κ2) is 6.30. The Morgan fingerprint density at radius 1 is 1.29 bits per heavy atom. The van der Waals surface area contributed by atoms with Crippen LogP contribution in [0.2, 0.25) is 0 Å². The maximum absolute atomic E-state index is 12.7. The van der Waals surface area contributed by atoms with Crippen molar-refractivity contribution in [3.8, 4) is 0 Å². The molecule has 0 atom stereocenters. The van der Waals surface area contributed by atoms with Crippen LogP contribution < -0.4 is 0 Å². The summed E-state index contributed by atoms with van der Waals surface area (Å²) in [7, 11) is 1.90. The summed E-state index contributed by atoms with van der Waals surface area (Å²) >= 11 is 0. The molecule has 3 nitrogen and oxygen atoms in total. The third-order valence-corrected chi connectivity index (χ3v) is 3.35. The molecule has 0 radical (unpaired) electrons. The number of imidazole rings is 1. The second-order valence-corrected chi connectivity index (χ2v) is 5.10. The quantitative estimate of drug-likeness (QED) is 0.844. The fraction of sp³-hybridized carbons (Fsp3) is 0.400. The van der Waals surface area contributed by atoms with Gasteiger partial charge in [-0.2, -0.15) is 13.2 Å². The van der Waals surface area contributed by atoms with Gasteiger partial charge in [-0.1, -0.05) is 18.2 Å². The zero-order chi connectivity index (χ0) is 15.5. The number of hydrogen-bond donors (Lipinski definition) is 0. The summed E-state index contributed by atoms with van der Waals surface area (Å²) in [6.07, 6.45) is -0.655. The van der Waals surface area contributed by atoms with Crippen molar-refractivity contribution >= 4 is 0 Å². The molecule has 0 unspecified atom stereocenters. The monoisotopic (exact) mass is 297 g/mol. The number of alkyl halides is 3. The van der Waals surface area contributed by atoms with Gasteiger partial charge in [-0.05, 0) is 25.6 Å². The molecule has 0 aliphatic carbocycles. The van der Waals surface area contributed by atoms with Gasteiger partial charge in [-0.15, -0.1) is 0 Å². The van der Waals surface area contributed by atoms with Crippen LogP contribution in [0, 0.1) is 6.92 Å². The molecule has 0 saturated carbocycles. The number of benzene rings is 1. The van der Waals surface area contributed by atoms with E-state index >= 15 is 0 Å². The smallest absolute Gasteiger partial charge is 0.334 e. The Bertz CT molecular complexity index is 590. The third-order valence-electron chi connectivity index (χ3n) is 3.35. The van der Waals surface area contributed by atoms with Gasteiger partial charge in [0.2, 0.25) is 0 Å². The molecule has 1 aromatic heterocycles. The highest BCUT2D eigenvalue weighted by atomic mass is 19.4. The van der Waals surface area contributed by atoms with Gasteiger partial charge >= 0.3 is 6.18 Å². The number of nitrogens with zero attached hydrogens (tertiary/aromatic N) is 3. The average molecular weight is 297 g/mol. The molecular weight excluding hydrogens is 279 g/mol. The van der Waals surface area contributed by atoms with Crippen LogP contribution in [-0.4, -0.2) is 28.0 Å². The molecule has 0 fully saturated rings. The predicted molar refractivity (Wildman–Crippen MR) is 74.7 cm³/mol. The third kappa shape index (κ3) is 4.32. The molecule has 1 aromatic carbocycles. The number of hydrogen-bond acceptors (Lipinski definition) is 2. The van der Waals surface area contributed by atoms with E-state index in [0.29, 0.717) is 12.1 Å². The molecule has 0 spiro atoms. The molecule has 0 amide bonds. The normalized spacial score (nSPS) is 12.1. The Labute approximate surface area is 122 Å². The van der Waals surface area contributed by atoms with Crippen molar-refractivity contribution < 1.29 is 13.2 Å². The summed E-state index contributed by atoms with van der Waals surface area (Å²) in [6, 6.07) is 5.47. The zero-order valence-corrected chi connectivity index (χ0v) is 12.1. The van der Waals surface area contributed by atoms with Crippen molar-refractivity contribution in [2.45, 2.75) is 26.2 Å². The fourth-order valence-electron chi connectivity index (χ4n) is 2.16. The first kappa shape index (κ1) is 15.6. The van der Waals surface area contributed by atoms with Crippen molar-refractivity contribution in [2.24, 2.45) is 0 Å². The van der Waals surface area contributed by atoms with Crippen molar-refractivity contribution in [1.29, 1.82) is 0 Å². The molecule has 0 bridgehead atoms. The van der Waals surface area contributed by atoms with E-state index < -0.39 is 11.7 Å². The molecule has 0 N–H and O–H groups in total. The van der Waals surface area contributed by atoms with Gasteiger partial charge in [0, 0.05) is 32.0 Å². The molecule has 0 aliphatic heterocycles. The van der Waals surface area contributed by atoms with E-state index in [1.54, 1.807) is 12.3 Å². The Kier molecular flexibility index (Phi) is 4.67. The predicted octanol–water partition coefficient (Wildman–Crippen LogP) is 3.34.